The molecule has 1 aliphatic carbocycles. The number of hydrogen-bond acceptors (Lipinski definition) is 4. The number of hydrogen-bond donors (Lipinski definition) is 0. The lowest BCUT2D eigenvalue weighted by Gasteiger charge is -2.17. The van der Waals surface area contributed by atoms with Crippen molar-refractivity contribution in [1.82, 2.24) is 9.80 Å². The number of fused-ring (bicyclic) bond motifs is 1. The second kappa shape index (κ2) is 7.38. The monoisotopic (exact) mass is 376 g/mol. The smallest absolute Gasteiger partial charge is 0.292 e. The first kappa shape index (κ1) is 18.1. The number of amides is 4. The van der Waals surface area contributed by atoms with E-state index in [4.69, 9.17) is 0 Å². The first-order valence-corrected chi connectivity index (χ1v) is 9.41. The Kier molecular flexibility index (Phi) is 4.77. The fourth-order valence-corrected chi connectivity index (χ4v) is 3.74. The van der Waals surface area contributed by atoms with Crippen LogP contribution in [0.4, 0.5) is 4.79 Å². The molecule has 2 aromatic rings. The molecule has 1 aliphatic heterocycles. The first-order chi connectivity index (χ1) is 13.5. The van der Waals surface area contributed by atoms with Gasteiger partial charge < -0.3 is 0 Å². The normalized spacial score (nSPS) is 16.5. The van der Waals surface area contributed by atoms with E-state index in [1.807, 2.05) is 18.2 Å². The molecule has 0 radical (unpaired) electrons. The molecule has 0 aromatic heterocycles. The molecule has 0 N–H and O–H groups in total. The van der Waals surface area contributed by atoms with Gasteiger partial charge in [0, 0.05) is 5.56 Å². The quantitative estimate of drug-likeness (QED) is 0.457. The second-order valence-electron chi connectivity index (χ2n) is 7.16. The zero-order valence-electron chi connectivity index (χ0n) is 15.4. The lowest BCUT2D eigenvalue weighted by molar-refractivity contribution is -0.143. The van der Waals surface area contributed by atoms with Crippen LogP contribution in [-0.2, 0) is 29.0 Å². The molecular weight excluding hydrogens is 356 g/mol. The second-order valence-corrected chi connectivity index (χ2v) is 7.16. The van der Waals surface area contributed by atoms with Gasteiger partial charge in [-0.1, -0.05) is 42.5 Å². The van der Waals surface area contributed by atoms with Crippen molar-refractivity contribution in [1.29, 1.82) is 0 Å². The molecule has 0 bridgehead atoms. The van der Waals surface area contributed by atoms with Crippen LogP contribution in [-0.4, -0.2) is 40.0 Å². The molecule has 6 heteroatoms. The summed E-state index contributed by atoms with van der Waals surface area (Å²) >= 11 is 0. The van der Waals surface area contributed by atoms with Crippen molar-refractivity contribution in [2.45, 2.75) is 32.2 Å². The third-order valence-corrected chi connectivity index (χ3v) is 5.29. The van der Waals surface area contributed by atoms with Crippen molar-refractivity contribution in [3.05, 3.63) is 70.8 Å². The molecule has 0 unspecified atom stereocenters. The van der Waals surface area contributed by atoms with Crippen molar-refractivity contribution in [3.8, 4) is 0 Å². The standard InChI is InChI=1S/C22H20N2O4/c25-19(18-11-10-16-8-4-5-9-17(16)12-18)14-24-21(27)20(26)23(22(24)28)13-15-6-2-1-3-7-15/h1-3,6-7,10-12H,4-5,8-9,13-14H2. The van der Waals surface area contributed by atoms with E-state index < -0.39 is 24.4 Å². The van der Waals surface area contributed by atoms with Gasteiger partial charge >= 0.3 is 17.8 Å². The van der Waals surface area contributed by atoms with Crippen molar-refractivity contribution >= 4 is 23.6 Å². The summed E-state index contributed by atoms with van der Waals surface area (Å²) in [5.41, 5.74) is 3.60. The van der Waals surface area contributed by atoms with Gasteiger partial charge in [0.2, 0.25) is 0 Å². The number of ketones is 1. The van der Waals surface area contributed by atoms with Crippen LogP contribution < -0.4 is 0 Å². The van der Waals surface area contributed by atoms with Gasteiger partial charge in [-0.15, -0.1) is 0 Å². The highest BCUT2D eigenvalue weighted by molar-refractivity contribution is 6.45. The van der Waals surface area contributed by atoms with Crippen LogP contribution in [0, 0.1) is 0 Å². The van der Waals surface area contributed by atoms with Crippen molar-refractivity contribution in [2.75, 3.05) is 6.54 Å². The Morgan fingerprint density at radius 1 is 0.821 bits per heavy atom. The Balaban J connectivity index is 1.49. The van der Waals surface area contributed by atoms with E-state index in [1.54, 1.807) is 30.3 Å². The zero-order chi connectivity index (χ0) is 19.7. The number of urea groups is 1. The lowest BCUT2D eigenvalue weighted by Crippen LogP contribution is -2.36. The summed E-state index contributed by atoms with van der Waals surface area (Å²) in [6.45, 7) is -0.415. The number of benzene rings is 2. The van der Waals surface area contributed by atoms with Crippen molar-refractivity contribution in [2.24, 2.45) is 0 Å². The zero-order valence-corrected chi connectivity index (χ0v) is 15.4. The third-order valence-electron chi connectivity index (χ3n) is 5.29. The fraction of sp³-hybridized carbons (Fsp3) is 0.273. The van der Waals surface area contributed by atoms with Crippen molar-refractivity contribution in [3.63, 3.8) is 0 Å². The summed E-state index contributed by atoms with van der Waals surface area (Å²) in [4.78, 5) is 51.4. The maximum absolute atomic E-state index is 12.7. The van der Waals surface area contributed by atoms with E-state index in [1.165, 1.54) is 5.56 Å². The summed E-state index contributed by atoms with van der Waals surface area (Å²) in [6.07, 6.45) is 4.18. The van der Waals surface area contributed by atoms with Gasteiger partial charge in [0.05, 0.1) is 13.1 Å². The molecule has 0 atom stereocenters. The highest BCUT2D eigenvalue weighted by Gasteiger charge is 2.45. The highest BCUT2D eigenvalue weighted by atomic mass is 16.2. The van der Waals surface area contributed by atoms with Crippen LogP contribution in [0.3, 0.4) is 0 Å². The maximum atomic E-state index is 12.7. The largest absolute Gasteiger partial charge is 0.334 e. The lowest BCUT2D eigenvalue weighted by atomic mass is 9.90. The van der Waals surface area contributed by atoms with Gasteiger partial charge in [-0.05, 0) is 48.4 Å². The predicted octanol–water partition coefficient (Wildman–Crippen LogP) is 2.74. The van der Waals surface area contributed by atoms with Crippen molar-refractivity contribution < 1.29 is 19.2 Å². The molecule has 1 heterocycles. The van der Waals surface area contributed by atoms with Gasteiger partial charge in [0.15, 0.2) is 5.78 Å². The summed E-state index contributed by atoms with van der Waals surface area (Å²) in [5, 5.41) is 0. The number of carbonyl (C=O) groups excluding carboxylic acids is 4. The molecule has 2 aliphatic rings. The Morgan fingerprint density at radius 2 is 1.50 bits per heavy atom. The van der Waals surface area contributed by atoms with Crippen LogP contribution >= 0.6 is 0 Å². The fourth-order valence-electron chi connectivity index (χ4n) is 3.74. The molecule has 1 saturated heterocycles. The van der Waals surface area contributed by atoms with Gasteiger partial charge in [-0.2, -0.15) is 0 Å². The highest BCUT2D eigenvalue weighted by Crippen LogP contribution is 2.23. The van der Waals surface area contributed by atoms with Gasteiger partial charge in [-0.3, -0.25) is 19.3 Å². The summed E-state index contributed by atoms with van der Waals surface area (Å²) in [7, 11) is 0. The molecule has 0 saturated carbocycles. The molecule has 1 fully saturated rings. The van der Waals surface area contributed by atoms with Gasteiger partial charge in [0.25, 0.3) is 0 Å². The van der Waals surface area contributed by atoms with Crippen LogP contribution in [0.5, 0.6) is 0 Å². The molecule has 28 heavy (non-hydrogen) atoms. The molecule has 2 aromatic carbocycles. The Bertz CT molecular complexity index is 968. The number of aryl methyl sites for hydroxylation is 2. The van der Waals surface area contributed by atoms with Crippen LogP contribution in [0.1, 0.15) is 39.9 Å². The van der Waals surface area contributed by atoms with Crippen LogP contribution in [0.2, 0.25) is 0 Å². The van der Waals surface area contributed by atoms with E-state index in [-0.39, 0.29) is 12.3 Å². The van der Waals surface area contributed by atoms with Gasteiger partial charge in [-0.25, -0.2) is 9.69 Å². The minimum Gasteiger partial charge on any atom is -0.292 e. The van der Waals surface area contributed by atoms with E-state index >= 15 is 0 Å². The Labute approximate surface area is 162 Å². The first-order valence-electron chi connectivity index (χ1n) is 9.41. The number of Topliss-reactive ketones (excluding diaryl/α,β-unsaturated/α-hetero) is 1. The molecule has 6 nitrogen and oxygen atoms in total. The minimum absolute atomic E-state index is 0.00772. The third kappa shape index (κ3) is 3.33. The van der Waals surface area contributed by atoms with E-state index in [0.717, 1.165) is 46.6 Å². The van der Waals surface area contributed by atoms with E-state index in [2.05, 4.69) is 0 Å². The summed E-state index contributed by atoms with van der Waals surface area (Å²) in [6, 6.07) is 13.7. The van der Waals surface area contributed by atoms with Crippen LogP contribution in [0.15, 0.2) is 48.5 Å². The molecule has 142 valence electrons. The van der Waals surface area contributed by atoms with Crippen LogP contribution in [0.25, 0.3) is 0 Å². The molecule has 4 rings (SSSR count). The minimum atomic E-state index is -0.952. The Morgan fingerprint density at radius 3 is 2.25 bits per heavy atom. The number of imide groups is 2. The topological polar surface area (TPSA) is 74.8 Å². The summed E-state index contributed by atoms with van der Waals surface area (Å²) in [5.74, 6) is -2.19. The number of carbonyl (C=O) groups is 4. The summed E-state index contributed by atoms with van der Waals surface area (Å²) < 4.78 is 0. The number of rotatable bonds is 5. The molecule has 4 amide bonds. The maximum Gasteiger partial charge on any atom is 0.334 e. The molecule has 0 spiro atoms. The Hall–Kier alpha value is -3.28. The SMILES string of the molecule is O=C(CN1C(=O)C(=O)N(Cc2ccccc2)C1=O)c1ccc2c(c1)CCCC2. The molecular formula is C22H20N2O4. The number of nitrogens with zero attached hydrogens (tertiary/aromatic N) is 2. The van der Waals surface area contributed by atoms with E-state index in [0.29, 0.717) is 5.56 Å². The average Bonchev–Trinajstić information content (AvgIpc) is 2.92. The van der Waals surface area contributed by atoms with E-state index in [9.17, 15) is 19.2 Å². The average molecular weight is 376 g/mol. The predicted molar refractivity (Wildman–Crippen MR) is 102 cm³/mol. The van der Waals surface area contributed by atoms with Gasteiger partial charge in [0.1, 0.15) is 0 Å².